The molecule has 0 aliphatic heterocycles. The van der Waals surface area contributed by atoms with Gasteiger partial charge >= 0.3 is 5.97 Å². The second kappa shape index (κ2) is 9.06. The molecule has 0 spiro atoms. The Labute approximate surface area is 224 Å². The highest BCUT2D eigenvalue weighted by Gasteiger charge is 2.72. The third-order valence-electron chi connectivity index (χ3n) is 13.9. The highest BCUT2D eigenvalue weighted by Crippen LogP contribution is 2.77. The van der Waals surface area contributed by atoms with Crippen molar-refractivity contribution in [2.45, 2.75) is 105 Å². The van der Waals surface area contributed by atoms with Gasteiger partial charge in [-0.25, -0.2) is 0 Å². The number of carbonyl (C=O) groups excluding carboxylic acids is 1. The monoisotopic (exact) mass is 516 g/mol. The van der Waals surface area contributed by atoms with E-state index >= 15 is 0 Å². The predicted molar refractivity (Wildman–Crippen MR) is 144 cm³/mol. The lowest BCUT2D eigenvalue weighted by Crippen LogP contribution is -2.67. The summed E-state index contributed by atoms with van der Waals surface area (Å²) in [5.74, 6) is 1.86. The number of esters is 1. The molecule has 5 heteroatoms. The van der Waals surface area contributed by atoms with Gasteiger partial charge < -0.3 is 20.1 Å². The van der Waals surface area contributed by atoms with E-state index in [2.05, 4.69) is 41.2 Å². The zero-order valence-corrected chi connectivity index (χ0v) is 24.0. The van der Waals surface area contributed by atoms with E-state index in [0.717, 1.165) is 64.2 Å². The van der Waals surface area contributed by atoms with Crippen LogP contribution in [0.1, 0.15) is 98.8 Å². The van der Waals surface area contributed by atoms with Crippen LogP contribution < -0.4 is 0 Å². The molecule has 210 valence electrons. The zero-order valence-electron chi connectivity index (χ0n) is 24.0. The van der Waals surface area contributed by atoms with Gasteiger partial charge in [-0.3, -0.25) is 4.79 Å². The van der Waals surface area contributed by atoms with Crippen molar-refractivity contribution < 1.29 is 24.9 Å². The molecule has 0 aromatic rings. The maximum atomic E-state index is 13.6. The van der Waals surface area contributed by atoms with Crippen molar-refractivity contribution in [3.05, 3.63) is 12.2 Å². The first-order chi connectivity index (χ1) is 17.4. The van der Waals surface area contributed by atoms with Crippen LogP contribution in [0.2, 0.25) is 0 Å². The Balaban J connectivity index is 1.54. The van der Waals surface area contributed by atoms with Crippen molar-refractivity contribution in [2.75, 3.05) is 19.8 Å². The van der Waals surface area contributed by atoms with Crippen LogP contribution in [-0.2, 0) is 9.53 Å². The van der Waals surface area contributed by atoms with Crippen LogP contribution in [-0.4, -0.2) is 47.2 Å². The van der Waals surface area contributed by atoms with E-state index in [0.29, 0.717) is 23.7 Å². The number of fused-ring (bicyclic) bond motifs is 7. The molecule has 5 fully saturated rings. The number of rotatable bonds is 5. The Morgan fingerprint density at radius 2 is 1.62 bits per heavy atom. The van der Waals surface area contributed by atoms with Crippen molar-refractivity contribution in [1.29, 1.82) is 0 Å². The van der Waals surface area contributed by atoms with E-state index in [9.17, 15) is 20.1 Å². The fourth-order valence-corrected chi connectivity index (χ4v) is 11.8. The molecule has 5 aliphatic rings. The lowest BCUT2D eigenvalue weighted by molar-refractivity contribution is -0.254. The van der Waals surface area contributed by atoms with Crippen molar-refractivity contribution in [3.8, 4) is 0 Å². The van der Waals surface area contributed by atoms with E-state index in [1.807, 2.05) is 0 Å². The average Bonchev–Trinajstić information content (AvgIpc) is 3.27. The first kappa shape index (κ1) is 27.6. The number of hydrogen-bond acceptors (Lipinski definition) is 5. The molecule has 5 rings (SSSR count). The summed E-state index contributed by atoms with van der Waals surface area (Å²) >= 11 is 0. The molecule has 37 heavy (non-hydrogen) atoms. The zero-order chi connectivity index (χ0) is 27.0. The Bertz CT molecular complexity index is 932. The maximum Gasteiger partial charge on any atom is 0.312 e. The summed E-state index contributed by atoms with van der Waals surface area (Å²) in [6, 6.07) is 0. The second-order valence-corrected chi connectivity index (χ2v) is 14.9. The van der Waals surface area contributed by atoms with Crippen molar-refractivity contribution >= 4 is 5.97 Å². The summed E-state index contributed by atoms with van der Waals surface area (Å²) in [7, 11) is 0. The van der Waals surface area contributed by atoms with Gasteiger partial charge in [-0.2, -0.15) is 0 Å². The third-order valence-corrected chi connectivity index (χ3v) is 13.9. The van der Waals surface area contributed by atoms with Crippen molar-refractivity contribution in [2.24, 2.45) is 56.7 Å². The molecule has 0 aromatic heterocycles. The number of ether oxygens (including phenoxy) is 1. The number of aliphatic hydroxyl groups is 3. The van der Waals surface area contributed by atoms with Gasteiger partial charge in [-0.05, 0) is 117 Å². The number of aliphatic hydroxyl groups excluding tert-OH is 3. The minimum atomic E-state index is -0.447. The summed E-state index contributed by atoms with van der Waals surface area (Å²) in [5.41, 5.74) is 0.713. The van der Waals surface area contributed by atoms with E-state index in [1.165, 1.54) is 5.57 Å². The van der Waals surface area contributed by atoms with Crippen LogP contribution in [0.5, 0.6) is 0 Å². The molecule has 0 saturated heterocycles. The topological polar surface area (TPSA) is 87.0 Å². The fourth-order valence-electron chi connectivity index (χ4n) is 11.8. The molecule has 0 amide bonds. The van der Waals surface area contributed by atoms with Crippen LogP contribution >= 0.6 is 0 Å². The maximum absolute atomic E-state index is 13.6. The minimum Gasteiger partial charge on any atom is -0.463 e. The van der Waals surface area contributed by atoms with Gasteiger partial charge in [0.1, 0.15) is 6.61 Å². The molecule has 5 nitrogen and oxygen atoms in total. The number of hydrogen-bond donors (Lipinski definition) is 3. The summed E-state index contributed by atoms with van der Waals surface area (Å²) in [4.78, 5) is 13.6. The standard InChI is InChI=1S/C32H52O5/c1-20(2)21-9-14-32(27(36)37-18-17-33)16-15-30(5)22(26(21)32)7-8-24-28(3)12-11-25(35)29(4,19-34)23(28)10-13-31(24,30)6/h21-26,33-35H,1,7-19H2,2-6H3/t21-,22?,23+,24+,25?,26+,28-,29?,30+,31+,32-/m0/s1. The van der Waals surface area contributed by atoms with Crippen LogP contribution in [0.3, 0.4) is 0 Å². The summed E-state index contributed by atoms with van der Waals surface area (Å²) in [6.45, 7) is 16.3. The largest absolute Gasteiger partial charge is 0.463 e. The third kappa shape index (κ3) is 3.48. The molecule has 0 radical (unpaired) electrons. The van der Waals surface area contributed by atoms with Gasteiger partial charge in [0.15, 0.2) is 0 Å². The molecule has 11 atom stereocenters. The van der Waals surface area contributed by atoms with Gasteiger partial charge in [0, 0.05) is 5.41 Å². The minimum absolute atomic E-state index is 0.0542. The Hall–Kier alpha value is -0.910. The summed E-state index contributed by atoms with van der Waals surface area (Å²) in [5, 5.41) is 30.8. The SMILES string of the molecule is C=C(C)[C@@H]1CC[C@]2(C(=O)OCCO)CC[C@]3(C)C(CC[C@@H]4[C@@]5(C)CCC(O)C(C)(CO)[C@@H]5CC[C@]43C)[C@@H]12. The lowest BCUT2D eigenvalue weighted by Gasteiger charge is -2.72. The molecule has 0 aromatic carbocycles. The normalized spacial score (nSPS) is 52.9. The van der Waals surface area contributed by atoms with Crippen molar-refractivity contribution in [3.63, 3.8) is 0 Å². The molecule has 3 unspecified atom stereocenters. The molecular formula is C32H52O5. The van der Waals surface area contributed by atoms with Gasteiger partial charge in [0.05, 0.1) is 24.7 Å². The Morgan fingerprint density at radius 3 is 2.27 bits per heavy atom. The Kier molecular flexibility index (Phi) is 6.77. The van der Waals surface area contributed by atoms with E-state index in [1.54, 1.807) is 0 Å². The van der Waals surface area contributed by atoms with Gasteiger partial charge in [0.25, 0.3) is 0 Å². The molecular weight excluding hydrogens is 464 g/mol. The molecule has 0 bridgehead atoms. The molecule has 5 aliphatic carbocycles. The van der Waals surface area contributed by atoms with Gasteiger partial charge in [0.2, 0.25) is 0 Å². The summed E-state index contributed by atoms with van der Waals surface area (Å²) in [6.07, 6.45) is 9.63. The van der Waals surface area contributed by atoms with E-state index in [-0.39, 0.29) is 48.0 Å². The molecule has 5 saturated carbocycles. The van der Waals surface area contributed by atoms with Crippen LogP contribution in [0.4, 0.5) is 0 Å². The quantitative estimate of drug-likeness (QED) is 0.331. The first-order valence-electron chi connectivity index (χ1n) is 15.1. The van der Waals surface area contributed by atoms with Crippen LogP contribution in [0.15, 0.2) is 12.2 Å². The van der Waals surface area contributed by atoms with E-state index < -0.39 is 16.9 Å². The Morgan fingerprint density at radius 1 is 0.892 bits per heavy atom. The summed E-state index contributed by atoms with van der Waals surface area (Å²) < 4.78 is 5.67. The average molecular weight is 517 g/mol. The predicted octanol–water partition coefficient (Wildman–Crippen LogP) is 5.51. The number of carbonyl (C=O) groups is 1. The lowest BCUT2D eigenvalue weighted by atomic mass is 9.32. The van der Waals surface area contributed by atoms with Crippen LogP contribution in [0, 0.1) is 56.7 Å². The molecule has 0 heterocycles. The smallest absolute Gasteiger partial charge is 0.312 e. The number of allylic oxidation sites excluding steroid dienone is 1. The second-order valence-electron chi connectivity index (χ2n) is 14.9. The highest BCUT2D eigenvalue weighted by atomic mass is 16.5. The van der Waals surface area contributed by atoms with Gasteiger partial charge in [-0.15, -0.1) is 0 Å². The fraction of sp³-hybridized carbons (Fsp3) is 0.906. The van der Waals surface area contributed by atoms with Crippen molar-refractivity contribution in [1.82, 2.24) is 0 Å². The highest BCUT2D eigenvalue weighted by molar-refractivity contribution is 5.78. The van der Waals surface area contributed by atoms with Crippen LogP contribution in [0.25, 0.3) is 0 Å². The van der Waals surface area contributed by atoms with E-state index in [4.69, 9.17) is 4.74 Å². The molecule has 3 N–H and O–H groups in total. The van der Waals surface area contributed by atoms with Gasteiger partial charge in [-0.1, -0.05) is 39.8 Å². The first-order valence-corrected chi connectivity index (χ1v) is 15.1.